The van der Waals surface area contributed by atoms with Gasteiger partial charge in [-0.1, -0.05) is 6.07 Å². The highest BCUT2D eigenvalue weighted by Gasteiger charge is 2.20. The molecule has 0 aliphatic heterocycles. The van der Waals surface area contributed by atoms with Gasteiger partial charge in [0.05, 0.1) is 13.2 Å². The molecule has 84 valence electrons. The summed E-state index contributed by atoms with van der Waals surface area (Å²) in [5.41, 5.74) is 2.67. The zero-order valence-corrected chi connectivity index (χ0v) is 9.61. The van der Waals surface area contributed by atoms with Crippen LogP contribution in [0.2, 0.25) is 0 Å². The molecule has 15 heavy (non-hydrogen) atoms. The molecule has 0 fully saturated rings. The van der Waals surface area contributed by atoms with Crippen molar-refractivity contribution in [1.29, 1.82) is 0 Å². The quantitative estimate of drug-likeness (QED) is 0.798. The van der Waals surface area contributed by atoms with Crippen molar-refractivity contribution in [2.75, 3.05) is 7.11 Å². The van der Waals surface area contributed by atoms with Crippen LogP contribution < -0.4 is 4.74 Å². The molecule has 2 atom stereocenters. The lowest BCUT2D eigenvalue weighted by molar-refractivity contribution is 0.0286. The molecular weight excluding hydrogens is 192 g/mol. The summed E-state index contributed by atoms with van der Waals surface area (Å²) in [6.45, 7) is 5.42. The number of methoxy groups -OCH3 is 1. The van der Waals surface area contributed by atoms with Crippen molar-refractivity contribution >= 4 is 0 Å². The SMILES string of the molecule is COc1cc(C)cc(C)c1C(O)C(C)O. The van der Waals surface area contributed by atoms with E-state index in [0.29, 0.717) is 11.3 Å². The molecule has 0 amide bonds. The number of aliphatic hydroxyl groups excluding tert-OH is 2. The van der Waals surface area contributed by atoms with Crippen LogP contribution in [-0.4, -0.2) is 23.4 Å². The first-order valence-corrected chi connectivity index (χ1v) is 4.98. The molecule has 0 aliphatic rings. The molecule has 1 aromatic rings. The predicted molar refractivity (Wildman–Crippen MR) is 59.1 cm³/mol. The zero-order chi connectivity index (χ0) is 11.6. The molecule has 0 aromatic heterocycles. The van der Waals surface area contributed by atoms with Crippen LogP contribution in [0.3, 0.4) is 0 Å². The molecule has 2 unspecified atom stereocenters. The number of benzene rings is 1. The van der Waals surface area contributed by atoms with E-state index in [4.69, 9.17) is 4.74 Å². The summed E-state index contributed by atoms with van der Waals surface area (Å²) in [7, 11) is 1.56. The van der Waals surface area contributed by atoms with E-state index in [-0.39, 0.29) is 0 Å². The molecule has 0 bridgehead atoms. The first kappa shape index (κ1) is 12.0. The maximum Gasteiger partial charge on any atom is 0.125 e. The topological polar surface area (TPSA) is 49.7 Å². The van der Waals surface area contributed by atoms with Crippen molar-refractivity contribution in [2.24, 2.45) is 0 Å². The summed E-state index contributed by atoms with van der Waals surface area (Å²) in [6.07, 6.45) is -1.71. The molecule has 0 aliphatic carbocycles. The number of hydrogen-bond donors (Lipinski definition) is 2. The van der Waals surface area contributed by atoms with Crippen LogP contribution >= 0.6 is 0 Å². The summed E-state index contributed by atoms with van der Waals surface area (Å²) >= 11 is 0. The average molecular weight is 210 g/mol. The monoisotopic (exact) mass is 210 g/mol. The fourth-order valence-electron chi connectivity index (χ4n) is 1.73. The van der Waals surface area contributed by atoms with Crippen molar-refractivity contribution < 1.29 is 14.9 Å². The van der Waals surface area contributed by atoms with E-state index in [1.807, 2.05) is 26.0 Å². The Balaban J connectivity index is 3.26. The van der Waals surface area contributed by atoms with E-state index in [9.17, 15) is 10.2 Å². The van der Waals surface area contributed by atoms with E-state index in [1.165, 1.54) is 0 Å². The Morgan fingerprint density at radius 3 is 2.27 bits per heavy atom. The third-order valence-corrected chi connectivity index (χ3v) is 2.47. The Morgan fingerprint density at radius 1 is 1.20 bits per heavy atom. The van der Waals surface area contributed by atoms with Gasteiger partial charge in [0.15, 0.2) is 0 Å². The first-order valence-electron chi connectivity index (χ1n) is 4.98. The molecule has 0 radical (unpaired) electrons. The van der Waals surface area contributed by atoms with Gasteiger partial charge in [0.2, 0.25) is 0 Å². The van der Waals surface area contributed by atoms with Gasteiger partial charge < -0.3 is 14.9 Å². The van der Waals surface area contributed by atoms with E-state index in [0.717, 1.165) is 11.1 Å². The third-order valence-electron chi connectivity index (χ3n) is 2.47. The minimum absolute atomic E-state index is 0.626. The van der Waals surface area contributed by atoms with Crippen molar-refractivity contribution in [1.82, 2.24) is 0 Å². The first-order chi connectivity index (χ1) is 6.97. The Hall–Kier alpha value is -1.06. The number of rotatable bonds is 3. The van der Waals surface area contributed by atoms with Crippen LogP contribution in [0.5, 0.6) is 5.75 Å². The number of hydrogen-bond acceptors (Lipinski definition) is 3. The second-order valence-corrected chi connectivity index (χ2v) is 3.88. The molecule has 2 N–H and O–H groups in total. The second kappa shape index (κ2) is 4.64. The predicted octanol–water partition coefficient (Wildman–Crippen LogP) is 1.73. The van der Waals surface area contributed by atoms with Crippen LogP contribution in [0.15, 0.2) is 12.1 Å². The van der Waals surface area contributed by atoms with Gasteiger partial charge in [-0.05, 0) is 38.0 Å². The van der Waals surface area contributed by atoms with Crippen molar-refractivity contribution in [3.8, 4) is 5.75 Å². The van der Waals surface area contributed by atoms with E-state index in [2.05, 4.69) is 0 Å². The molecule has 0 saturated carbocycles. The number of aryl methyl sites for hydroxylation is 2. The van der Waals surface area contributed by atoms with Gasteiger partial charge in [-0.15, -0.1) is 0 Å². The van der Waals surface area contributed by atoms with Gasteiger partial charge in [0.25, 0.3) is 0 Å². The van der Waals surface area contributed by atoms with Gasteiger partial charge in [0.1, 0.15) is 11.9 Å². The lowest BCUT2D eigenvalue weighted by Gasteiger charge is -2.20. The van der Waals surface area contributed by atoms with Crippen molar-refractivity contribution in [3.05, 3.63) is 28.8 Å². The number of ether oxygens (including phenoxy) is 1. The second-order valence-electron chi connectivity index (χ2n) is 3.88. The smallest absolute Gasteiger partial charge is 0.125 e. The summed E-state index contributed by atoms with van der Waals surface area (Å²) in [6, 6.07) is 3.82. The van der Waals surface area contributed by atoms with E-state index < -0.39 is 12.2 Å². The van der Waals surface area contributed by atoms with Gasteiger partial charge in [-0.25, -0.2) is 0 Å². The molecular formula is C12H18O3. The van der Waals surface area contributed by atoms with E-state index in [1.54, 1.807) is 14.0 Å². The summed E-state index contributed by atoms with van der Waals surface area (Å²) in [4.78, 5) is 0. The van der Waals surface area contributed by atoms with Crippen LogP contribution in [0, 0.1) is 13.8 Å². The molecule has 1 rings (SSSR count). The molecule has 1 aromatic carbocycles. The molecule has 0 spiro atoms. The lowest BCUT2D eigenvalue weighted by atomic mass is 9.97. The van der Waals surface area contributed by atoms with Gasteiger partial charge in [-0.2, -0.15) is 0 Å². The largest absolute Gasteiger partial charge is 0.496 e. The highest BCUT2D eigenvalue weighted by molar-refractivity contribution is 5.44. The highest BCUT2D eigenvalue weighted by atomic mass is 16.5. The summed E-state index contributed by atoms with van der Waals surface area (Å²) in [5, 5.41) is 19.2. The minimum Gasteiger partial charge on any atom is -0.496 e. The Labute approximate surface area is 90.3 Å². The lowest BCUT2D eigenvalue weighted by Crippen LogP contribution is -2.16. The molecule has 3 heteroatoms. The van der Waals surface area contributed by atoms with Gasteiger partial charge in [-0.3, -0.25) is 0 Å². The summed E-state index contributed by atoms with van der Waals surface area (Å²) < 4.78 is 5.21. The Bertz CT molecular complexity index is 345. The Kier molecular flexibility index (Phi) is 3.72. The Morgan fingerprint density at radius 2 is 1.80 bits per heavy atom. The van der Waals surface area contributed by atoms with Gasteiger partial charge in [0, 0.05) is 5.56 Å². The van der Waals surface area contributed by atoms with Crippen LogP contribution in [0.25, 0.3) is 0 Å². The third kappa shape index (κ3) is 2.49. The maximum atomic E-state index is 9.85. The van der Waals surface area contributed by atoms with Gasteiger partial charge >= 0.3 is 0 Å². The fraction of sp³-hybridized carbons (Fsp3) is 0.500. The van der Waals surface area contributed by atoms with Crippen LogP contribution in [-0.2, 0) is 0 Å². The fourth-order valence-corrected chi connectivity index (χ4v) is 1.73. The van der Waals surface area contributed by atoms with Crippen LogP contribution in [0.1, 0.15) is 29.7 Å². The van der Waals surface area contributed by atoms with E-state index >= 15 is 0 Å². The van der Waals surface area contributed by atoms with Crippen molar-refractivity contribution in [2.45, 2.75) is 33.0 Å². The standard InChI is InChI=1S/C12H18O3/c1-7-5-8(2)11(10(6-7)15-4)12(14)9(3)13/h5-6,9,12-14H,1-4H3. The average Bonchev–Trinajstić information content (AvgIpc) is 2.15. The number of aliphatic hydroxyl groups is 2. The summed E-state index contributed by atoms with van der Waals surface area (Å²) in [5.74, 6) is 0.626. The van der Waals surface area contributed by atoms with Crippen LogP contribution in [0.4, 0.5) is 0 Å². The normalized spacial score (nSPS) is 14.8. The highest BCUT2D eigenvalue weighted by Crippen LogP contribution is 2.31. The zero-order valence-electron chi connectivity index (χ0n) is 9.61. The molecule has 0 heterocycles. The molecule has 3 nitrogen and oxygen atoms in total. The molecule has 0 saturated heterocycles. The minimum atomic E-state index is -0.902. The maximum absolute atomic E-state index is 9.85. The van der Waals surface area contributed by atoms with Crippen molar-refractivity contribution in [3.63, 3.8) is 0 Å².